The van der Waals surface area contributed by atoms with Gasteiger partial charge in [-0.3, -0.25) is 9.78 Å². The van der Waals surface area contributed by atoms with E-state index in [1.165, 1.54) is 24.5 Å². The minimum absolute atomic E-state index is 0.0379. The predicted octanol–water partition coefficient (Wildman–Crippen LogP) is 3.47. The van der Waals surface area contributed by atoms with Crippen LogP contribution in [0.1, 0.15) is 53.6 Å². The largest absolute Gasteiger partial charge is 0.324 e. The molecular weight excluding hydrogens is 305 g/mol. The highest BCUT2D eigenvalue weighted by Gasteiger charge is 2.23. The molecule has 0 saturated heterocycles. The van der Waals surface area contributed by atoms with Gasteiger partial charge >= 0.3 is 0 Å². The number of rotatable bonds is 5. The number of carbonyl (C=O) groups excluding carboxylic acids is 1. The van der Waals surface area contributed by atoms with Gasteiger partial charge in [-0.05, 0) is 18.9 Å². The Labute approximate surface area is 133 Å². The van der Waals surface area contributed by atoms with Crippen molar-refractivity contribution in [1.29, 1.82) is 0 Å². The summed E-state index contributed by atoms with van der Waals surface area (Å²) in [5.74, 6) is -1.28. The van der Waals surface area contributed by atoms with Crippen LogP contribution in [-0.2, 0) is 6.42 Å². The summed E-state index contributed by atoms with van der Waals surface area (Å²) >= 11 is 6.00. The SMILES string of the molecule is CCc1cnc(C(=O)c2c(Cl)ccc([C@H](N)CC)c2F)cn1. The first-order valence-corrected chi connectivity index (χ1v) is 7.46. The second-order valence-corrected chi connectivity index (χ2v) is 5.32. The van der Waals surface area contributed by atoms with Crippen molar-refractivity contribution in [2.75, 3.05) is 0 Å². The van der Waals surface area contributed by atoms with E-state index < -0.39 is 17.6 Å². The molecule has 4 nitrogen and oxygen atoms in total. The Kier molecular flexibility index (Phi) is 5.21. The van der Waals surface area contributed by atoms with Crippen LogP contribution in [0.4, 0.5) is 4.39 Å². The zero-order valence-electron chi connectivity index (χ0n) is 12.4. The lowest BCUT2D eigenvalue weighted by atomic mass is 9.98. The monoisotopic (exact) mass is 321 g/mol. The van der Waals surface area contributed by atoms with Gasteiger partial charge in [0.25, 0.3) is 0 Å². The van der Waals surface area contributed by atoms with Crippen molar-refractivity contribution in [1.82, 2.24) is 9.97 Å². The molecule has 0 saturated carbocycles. The number of hydrogen-bond acceptors (Lipinski definition) is 4. The molecule has 0 aliphatic rings. The average Bonchev–Trinajstić information content (AvgIpc) is 2.54. The van der Waals surface area contributed by atoms with E-state index in [1.807, 2.05) is 13.8 Å². The van der Waals surface area contributed by atoms with Crippen LogP contribution < -0.4 is 5.73 Å². The molecule has 0 radical (unpaired) electrons. The number of nitrogens with zero attached hydrogens (tertiary/aromatic N) is 2. The number of aryl methyl sites for hydroxylation is 1. The first-order valence-electron chi connectivity index (χ1n) is 7.08. The van der Waals surface area contributed by atoms with E-state index in [0.29, 0.717) is 12.8 Å². The molecule has 1 atom stereocenters. The molecule has 116 valence electrons. The quantitative estimate of drug-likeness (QED) is 0.856. The van der Waals surface area contributed by atoms with Crippen LogP contribution in [-0.4, -0.2) is 15.8 Å². The second kappa shape index (κ2) is 6.94. The number of halogens is 2. The molecule has 0 unspecified atom stereocenters. The predicted molar refractivity (Wildman–Crippen MR) is 83.5 cm³/mol. The summed E-state index contributed by atoms with van der Waals surface area (Å²) in [5.41, 5.74) is 6.74. The van der Waals surface area contributed by atoms with Crippen molar-refractivity contribution in [3.8, 4) is 0 Å². The third-order valence-electron chi connectivity index (χ3n) is 3.49. The van der Waals surface area contributed by atoms with Gasteiger partial charge in [0.1, 0.15) is 11.5 Å². The van der Waals surface area contributed by atoms with Crippen LogP contribution in [0, 0.1) is 5.82 Å². The third kappa shape index (κ3) is 3.15. The molecule has 2 aromatic rings. The lowest BCUT2D eigenvalue weighted by molar-refractivity contribution is 0.103. The highest BCUT2D eigenvalue weighted by Crippen LogP contribution is 2.28. The van der Waals surface area contributed by atoms with Gasteiger partial charge in [-0.1, -0.05) is 31.5 Å². The van der Waals surface area contributed by atoms with Crippen molar-refractivity contribution < 1.29 is 9.18 Å². The van der Waals surface area contributed by atoms with Gasteiger partial charge < -0.3 is 5.73 Å². The molecule has 1 aromatic carbocycles. The molecular formula is C16H17ClFN3O. The Balaban J connectivity index is 2.48. The Morgan fingerprint density at radius 1 is 1.32 bits per heavy atom. The first kappa shape index (κ1) is 16.5. The van der Waals surface area contributed by atoms with Gasteiger partial charge in [0.05, 0.1) is 22.5 Å². The van der Waals surface area contributed by atoms with E-state index >= 15 is 0 Å². The number of benzene rings is 1. The van der Waals surface area contributed by atoms with Crippen molar-refractivity contribution in [2.45, 2.75) is 32.7 Å². The number of hydrogen-bond donors (Lipinski definition) is 1. The Morgan fingerprint density at radius 3 is 2.59 bits per heavy atom. The molecule has 2 N–H and O–H groups in total. The molecule has 0 aliphatic carbocycles. The Bertz CT molecular complexity index is 689. The van der Waals surface area contributed by atoms with Crippen molar-refractivity contribution in [2.24, 2.45) is 5.73 Å². The van der Waals surface area contributed by atoms with Crippen molar-refractivity contribution >= 4 is 17.4 Å². The maximum absolute atomic E-state index is 14.6. The molecule has 0 aliphatic heterocycles. The van der Waals surface area contributed by atoms with Gasteiger partial charge in [0.15, 0.2) is 0 Å². The molecule has 2 rings (SSSR count). The number of carbonyl (C=O) groups is 1. The summed E-state index contributed by atoms with van der Waals surface area (Å²) in [6.45, 7) is 3.77. The molecule has 22 heavy (non-hydrogen) atoms. The standard InChI is InChI=1S/C16H17ClFN3O/c1-3-9-7-21-13(8-20-9)16(22)14-11(17)6-5-10(15(14)18)12(19)4-2/h5-8,12H,3-4,19H2,1-2H3/t12-/m1/s1. The molecule has 1 aromatic heterocycles. The van der Waals surface area contributed by atoms with Crippen LogP contribution in [0.2, 0.25) is 5.02 Å². The first-order chi connectivity index (χ1) is 10.5. The molecule has 0 spiro atoms. The van der Waals surface area contributed by atoms with E-state index in [1.54, 1.807) is 0 Å². The summed E-state index contributed by atoms with van der Waals surface area (Å²) in [5, 5.41) is 0.0379. The fourth-order valence-electron chi connectivity index (χ4n) is 2.07. The second-order valence-electron chi connectivity index (χ2n) is 4.92. The van der Waals surface area contributed by atoms with Crippen molar-refractivity contribution in [3.05, 3.63) is 57.9 Å². The summed E-state index contributed by atoms with van der Waals surface area (Å²) in [4.78, 5) is 20.6. The average molecular weight is 322 g/mol. The molecule has 6 heteroatoms. The maximum Gasteiger partial charge on any atom is 0.217 e. The van der Waals surface area contributed by atoms with Gasteiger partial charge in [-0.25, -0.2) is 9.37 Å². The lowest BCUT2D eigenvalue weighted by Gasteiger charge is -2.14. The Hall–Kier alpha value is -1.85. The lowest BCUT2D eigenvalue weighted by Crippen LogP contribution is -2.15. The zero-order chi connectivity index (χ0) is 16.3. The molecule has 1 heterocycles. The minimum atomic E-state index is -0.687. The number of ketones is 1. The summed E-state index contributed by atoms with van der Waals surface area (Å²) < 4.78 is 14.6. The molecule has 0 amide bonds. The fourth-order valence-corrected chi connectivity index (χ4v) is 2.30. The normalized spacial score (nSPS) is 12.2. The fraction of sp³-hybridized carbons (Fsp3) is 0.312. The Morgan fingerprint density at radius 2 is 2.05 bits per heavy atom. The van der Waals surface area contributed by atoms with Gasteiger partial charge in [0, 0.05) is 17.8 Å². The van der Waals surface area contributed by atoms with E-state index in [2.05, 4.69) is 9.97 Å². The topological polar surface area (TPSA) is 68.9 Å². The summed E-state index contributed by atoms with van der Waals surface area (Å²) in [7, 11) is 0. The summed E-state index contributed by atoms with van der Waals surface area (Å²) in [6, 6.07) is 2.50. The van der Waals surface area contributed by atoms with E-state index in [4.69, 9.17) is 17.3 Å². The van der Waals surface area contributed by atoms with Crippen LogP contribution >= 0.6 is 11.6 Å². The maximum atomic E-state index is 14.6. The van der Waals surface area contributed by atoms with Crippen LogP contribution in [0.25, 0.3) is 0 Å². The number of nitrogens with two attached hydrogens (primary N) is 1. The highest BCUT2D eigenvalue weighted by atomic mass is 35.5. The number of aromatic nitrogens is 2. The molecule has 0 bridgehead atoms. The smallest absolute Gasteiger partial charge is 0.217 e. The van der Waals surface area contributed by atoms with E-state index in [-0.39, 0.29) is 21.8 Å². The molecule has 0 fully saturated rings. The van der Waals surface area contributed by atoms with Gasteiger partial charge in [-0.2, -0.15) is 0 Å². The van der Waals surface area contributed by atoms with Gasteiger partial charge in [-0.15, -0.1) is 0 Å². The van der Waals surface area contributed by atoms with Crippen LogP contribution in [0.15, 0.2) is 24.5 Å². The van der Waals surface area contributed by atoms with E-state index in [9.17, 15) is 9.18 Å². The third-order valence-corrected chi connectivity index (χ3v) is 3.80. The van der Waals surface area contributed by atoms with Crippen LogP contribution in [0.3, 0.4) is 0 Å². The van der Waals surface area contributed by atoms with Crippen molar-refractivity contribution in [3.63, 3.8) is 0 Å². The minimum Gasteiger partial charge on any atom is -0.324 e. The zero-order valence-corrected chi connectivity index (χ0v) is 13.2. The van der Waals surface area contributed by atoms with E-state index in [0.717, 1.165) is 5.69 Å². The van der Waals surface area contributed by atoms with Crippen LogP contribution in [0.5, 0.6) is 0 Å². The van der Waals surface area contributed by atoms with Gasteiger partial charge in [0.2, 0.25) is 5.78 Å². The highest BCUT2D eigenvalue weighted by molar-refractivity contribution is 6.34. The summed E-state index contributed by atoms with van der Waals surface area (Å²) in [6.07, 6.45) is 4.10.